The minimum atomic E-state index is -0.709. The zero-order chi connectivity index (χ0) is 17.6. The van der Waals surface area contributed by atoms with Crippen molar-refractivity contribution in [2.75, 3.05) is 40.1 Å². The van der Waals surface area contributed by atoms with Gasteiger partial charge < -0.3 is 4.90 Å². The molecule has 0 saturated carbocycles. The molecule has 2 aromatic rings. The van der Waals surface area contributed by atoms with Gasteiger partial charge in [0.2, 0.25) is 0 Å². The van der Waals surface area contributed by atoms with E-state index in [1.165, 1.54) is 0 Å². The number of hydrogen-bond acceptors (Lipinski definition) is 3. The van der Waals surface area contributed by atoms with E-state index < -0.39 is 5.92 Å². The average molecular weight is 323 g/mol. The largest absolute Gasteiger partial charge is 0.378 e. The topological polar surface area (TPSA) is 37.4 Å². The second kappa shape index (κ2) is 5.56. The van der Waals surface area contributed by atoms with E-state index in [2.05, 4.69) is 0 Å². The van der Waals surface area contributed by atoms with Gasteiger partial charge in [-0.15, -0.1) is 0 Å². The Morgan fingerprint density at radius 2 is 1.42 bits per heavy atom. The fraction of sp³-hybridized carbons (Fsp3) is 0.300. The van der Waals surface area contributed by atoms with Crippen LogP contribution < -0.4 is 9.38 Å². The van der Waals surface area contributed by atoms with Gasteiger partial charge in [0.25, 0.3) is 0 Å². The van der Waals surface area contributed by atoms with Gasteiger partial charge in [-0.2, -0.15) is 0 Å². The Hall–Kier alpha value is -2.46. The molecule has 0 radical (unpaired) electrons. The summed E-state index contributed by atoms with van der Waals surface area (Å²) < 4.78 is 0.608. The van der Waals surface area contributed by atoms with Gasteiger partial charge in [-0.05, 0) is 29.8 Å². The predicted octanol–water partition coefficient (Wildman–Crippen LogP) is 3.11. The van der Waals surface area contributed by atoms with Gasteiger partial charge in [0.05, 0.1) is 21.1 Å². The van der Waals surface area contributed by atoms with Crippen LogP contribution in [0.4, 0.5) is 11.4 Å². The first-order chi connectivity index (χ1) is 11.2. The van der Waals surface area contributed by atoms with Crippen molar-refractivity contribution in [1.29, 1.82) is 0 Å². The first kappa shape index (κ1) is 16.4. The minimum Gasteiger partial charge on any atom is -0.378 e. The summed E-state index contributed by atoms with van der Waals surface area (Å²) in [4.78, 5) is 27.6. The molecule has 1 aliphatic carbocycles. The summed E-state index contributed by atoms with van der Waals surface area (Å²) in [6.07, 6.45) is 0. The molecular weight excluding hydrogens is 300 g/mol. The quantitative estimate of drug-likeness (QED) is 0.643. The molecule has 4 nitrogen and oxygen atoms in total. The second-order valence-electron chi connectivity index (χ2n) is 7.39. The molecule has 0 aromatic heterocycles. The van der Waals surface area contributed by atoms with Crippen molar-refractivity contribution >= 4 is 22.9 Å². The number of ketones is 2. The van der Waals surface area contributed by atoms with E-state index in [-0.39, 0.29) is 11.6 Å². The molecular formula is C20H23N2O2+. The molecule has 3 rings (SSSR count). The standard InChI is InChI=1S/C20H23N2O2/c1-21(2)14-8-6-13(7-9-14)18-19(23)16-11-10-15(22(3,4)5)12-17(16)20(18)24/h6-12,18H,1-5H3/q+1/t18-/m1/s1. The van der Waals surface area contributed by atoms with Crippen LogP contribution >= 0.6 is 0 Å². The predicted molar refractivity (Wildman–Crippen MR) is 98.2 cm³/mol. The van der Waals surface area contributed by atoms with Gasteiger partial charge >= 0.3 is 0 Å². The number of anilines is 1. The maximum Gasteiger partial charge on any atom is 0.179 e. The maximum atomic E-state index is 12.9. The van der Waals surface area contributed by atoms with Crippen molar-refractivity contribution < 1.29 is 9.59 Å². The fourth-order valence-electron chi connectivity index (χ4n) is 3.07. The Kier molecular flexibility index (Phi) is 3.80. The molecule has 1 aliphatic rings. The smallest absolute Gasteiger partial charge is 0.179 e. The lowest BCUT2D eigenvalue weighted by atomic mass is 9.94. The average Bonchev–Trinajstić information content (AvgIpc) is 2.78. The van der Waals surface area contributed by atoms with E-state index in [1.807, 2.05) is 76.5 Å². The number of rotatable bonds is 3. The third-order valence-corrected chi connectivity index (χ3v) is 4.58. The summed E-state index contributed by atoms with van der Waals surface area (Å²) in [6.45, 7) is 0. The molecule has 24 heavy (non-hydrogen) atoms. The van der Waals surface area contributed by atoms with E-state index in [0.29, 0.717) is 15.6 Å². The molecule has 0 unspecified atom stereocenters. The molecule has 1 atom stereocenters. The highest BCUT2D eigenvalue weighted by molar-refractivity contribution is 6.30. The van der Waals surface area contributed by atoms with E-state index in [9.17, 15) is 9.59 Å². The molecule has 124 valence electrons. The van der Waals surface area contributed by atoms with Crippen LogP contribution in [0.2, 0.25) is 0 Å². The lowest BCUT2D eigenvalue weighted by Crippen LogP contribution is -2.34. The molecule has 0 N–H and O–H groups in total. The first-order valence-electron chi connectivity index (χ1n) is 8.02. The Bertz CT molecular complexity index is 815. The van der Waals surface area contributed by atoms with Crippen LogP contribution in [-0.2, 0) is 0 Å². The number of carbonyl (C=O) groups is 2. The number of carbonyl (C=O) groups excluding carboxylic acids is 2. The molecule has 0 fully saturated rings. The van der Waals surface area contributed by atoms with E-state index in [1.54, 1.807) is 6.07 Å². The molecule has 0 amide bonds. The summed E-state index contributed by atoms with van der Waals surface area (Å²) >= 11 is 0. The Morgan fingerprint density at radius 3 is 1.96 bits per heavy atom. The second-order valence-corrected chi connectivity index (χ2v) is 7.39. The van der Waals surface area contributed by atoms with Gasteiger partial charge in [0.15, 0.2) is 11.6 Å². The summed E-state index contributed by atoms with van der Waals surface area (Å²) in [6, 6.07) is 13.2. The van der Waals surface area contributed by atoms with Crippen LogP contribution in [0.5, 0.6) is 0 Å². The van der Waals surface area contributed by atoms with Gasteiger partial charge in [-0.1, -0.05) is 12.1 Å². The summed E-state index contributed by atoms with van der Waals surface area (Å²) in [5, 5.41) is 0. The highest BCUT2D eigenvalue weighted by atomic mass is 16.2. The normalized spacial score (nSPS) is 17.1. The molecule has 0 spiro atoms. The van der Waals surface area contributed by atoms with Gasteiger partial charge in [0.1, 0.15) is 11.6 Å². The highest BCUT2D eigenvalue weighted by Crippen LogP contribution is 2.36. The lowest BCUT2D eigenvalue weighted by molar-refractivity contribution is 0.0890. The molecule has 0 aliphatic heterocycles. The van der Waals surface area contributed by atoms with Crippen molar-refractivity contribution in [2.45, 2.75) is 5.92 Å². The van der Waals surface area contributed by atoms with Crippen LogP contribution in [0, 0.1) is 0 Å². The number of fused-ring (bicyclic) bond motifs is 1. The van der Waals surface area contributed by atoms with E-state index in [4.69, 9.17) is 0 Å². The van der Waals surface area contributed by atoms with Crippen molar-refractivity contribution in [3.8, 4) is 0 Å². The van der Waals surface area contributed by atoms with Gasteiger partial charge in [-0.3, -0.25) is 14.1 Å². The first-order valence-corrected chi connectivity index (χ1v) is 8.02. The van der Waals surface area contributed by atoms with Crippen molar-refractivity contribution in [3.05, 3.63) is 59.2 Å². The van der Waals surface area contributed by atoms with Crippen LogP contribution in [0.15, 0.2) is 42.5 Å². The summed E-state index contributed by atoms with van der Waals surface area (Å²) in [5.74, 6) is -0.901. The monoisotopic (exact) mass is 323 g/mol. The lowest BCUT2D eigenvalue weighted by Gasteiger charge is -2.23. The number of nitrogens with zero attached hydrogens (tertiary/aromatic N) is 2. The molecule has 0 saturated heterocycles. The Balaban J connectivity index is 2.00. The van der Waals surface area contributed by atoms with Crippen LogP contribution in [0.25, 0.3) is 0 Å². The Labute approximate surface area is 142 Å². The highest BCUT2D eigenvalue weighted by Gasteiger charge is 2.40. The van der Waals surface area contributed by atoms with Crippen LogP contribution in [0.1, 0.15) is 32.2 Å². The van der Waals surface area contributed by atoms with Gasteiger partial charge in [-0.25, -0.2) is 0 Å². The molecule has 2 aromatic carbocycles. The molecule has 0 heterocycles. The molecule has 0 bridgehead atoms. The number of Topliss-reactive ketones (excluding diaryl/α,β-unsaturated/α-hetero) is 2. The summed E-state index contributed by atoms with van der Waals surface area (Å²) in [7, 11) is 10.0. The summed E-state index contributed by atoms with van der Waals surface area (Å²) in [5.41, 5.74) is 3.91. The minimum absolute atomic E-state index is 0.0945. The molecule has 4 heteroatoms. The number of benzene rings is 2. The number of quaternary nitrogens is 1. The third-order valence-electron chi connectivity index (χ3n) is 4.58. The Morgan fingerprint density at radius 1 is 0.833 bits per heavy atom. The fourth-order valence-corrected chi connectivity index (χ4v) is 3.07. The third kappa shape index (κ3) is 2.63. The van der Waals surface area contributed by atoms with Crippen LogP contribution in [-0.4, -0.2) is 46.8 Å². The van der Waals surface area contributed by atoms with Crippen molar-refractivity contribution in [1.82, 2.24) is 4.48 Å². The number of hydrogen-bond donors (Lipinski definition) is 0. The van der Waals surface area contributed by atoms with E-state index >= 15 is 0 Å². The van der Waals surface area contributed by atoms with Crippen molar-refractivity contribution in [2.24, 2.45) is 0 Å². The zero-order valence-electron chi connectivity index (χ0n) is 14.8. The van der Waals surface area contributed by atoms with E-state index in [0.717, 1.165) is 16.9 Å². The van der Waals surface area contributed by atoms with Crippen molar-refractivity contribution in [3.63, 3.8) is 0 Å². The SMILES string of the molecule is CN(C)c1ccc([C@@H]2C(=O)c3ccc([N+](C)(C)C)cc3C2=O)cc1. The van der Waals surface area contributed by atoms with Gasteiger partial charge in [0, 0.05) is 37.0 Å². The van der Waals surface area contributed by atoms with Crippen LogP contribution in [0.3, 0.4) is 0 Å². The maximum absolute atomic E-state index is 12.9. The zero-order valence-corrected chi connectivity index (χ0v) is 14.8.